The third-order valence-corrected chi connectivity index (χ3v) is 3.72. The molecule has 0 atom stereocenters. The van der Waals surface area contributed by atoms with Crippen molar-refractivity contribution in [2.75, 3.05) is 0 Å². The maximum atomic E-state index is 12.1. The first-order chi connectivity index (χ1) is 12.1. The van der Waals surface area contributed by atoms with Crippen LogP contribution in [0.5, 0.6) is 0 Å². The van der Waals surface area contributed by atoms with Crippen molar-refractivity contribution in [2.45, 2.75) is 13.1 Å². The molecule has 1 amide bonds. The summed E-state index contributed by atoms with van der Waals surface area (Å²) in [6.45, 7) is 1.09. The van der Waals surface area contributed by atoms with Crippen LogP contribution in [0.4, 0.5) is 5.69 Å². The van der Waals surface area contributed by atoms with Crippen LogP contribution in [0.3, 0.4) is 0 Å². The van der Waals surface area contributed by atoms with Crippen LogP contribution in [0.25, 0.3) is 0 Å². The third-order valence-electron chi connectivity index (χ3n) is 3.72. The number of hydrogen-bond donors (Lipinski definition) is 1. The molecule has 1 aromatic heterocycles. The zero-order chi connectivity index (χ0) is 17.6. The Morgan fingerprint density at radius 1 is 1.16 bits per heavy atom. The monoisotopic (exact) mass is 336 g/mol. The van der Waals surface area contributed by atoms with Crippen LogP contribution in [-0.4, -0.2) is 20.4 Å². The maximum Gasteiger partial charge on any atom is 0.270 e. The van der Waals surface area contributed by atoms with E-state index in [0.29, 0.717) is 6.54 Å². The molecule has 3 rings (SSSR count). The molecule has 2 aromatic carbocycles. The van der Waals surface area contributed by atoms with Gasteiger partial charge in [-0.15, -0.1) is 0 Å². The normalized spacial score (nSPS) is 10.4. The van der Waals surface area contributed by atoms with Crippen LogP contribution in [0, 0.1) is 10.1 Å². The minimum atomic E-state index is -0.518. The highest BCUT2D eigenvalue weighted by molar-refractivity contribution is 5.94. The van der Waals surface area contributed by atoms with Crippen LogP contribution < -0.4 is 5.32 Å². The maximum absolute atomic E-state index is 12.1. The molecule has 1 heterocycles. The summed E-state index contributed by atoms with van der Waals surface area (Å²) < 4.78 is 1.97. The van der Waals surface area contributed by atoms with Crippen molar-refractivity contribution in [1.82, 2.24) is 14.9 Å². The number of nitro groups is 1. The van der Waals surface area contributed by atoms with E-state index in [1.807, 2.05) is 35.0 Å². The number of benzene rings is 2. The lowest BCUT2D eigenvalue weighted by Gasteiger charge is -2.07. The standard InChI is InChI=1S/C18H16N4O3/c23-18(16-2-1-3-17(10-16)22(24)25)20-11-14-4-6-15(7-5-14)12-21-9-8-19-13-21/h1-10,13H,11-12H2,(H,20,23). The van der Waals surface area contributed by atoms with Crippen LogP contribution in [0.15, 0.2) is 67.3 Å². The number of non-ortho nitro benzene ring substituents is 1. The molecule has 0 fully saturated rings. The van der Waals surface area contributed by atoms with Gasteiger partial charge in [0.2, 0.25) is 0 Å². The molecular weight excluding hydrogens is 320 g/mol. The number of nitrogens with zero attached hydrogens (tertiary/aromatic N) is 3. The van der Waals surface area contributed by atoms with E-state index in [0.717, 1.165) is 17.7 Å². The Hall–Kier alpha value is -3.48. The molecule has 126 valence electrons. The molecule has 25 heavy (non-hydrogen) atoms. The molecule has 3 aromatic rings. The number of carbonyl (C=O) groups is 1. The molecule has 7 heteroatoms. The van der Waals surface area contributed by atoms with Gasteiger partial charge in [-0.3, -0.25) is 14.9 Å². The lowest BCUT2D eigenvalue weighted by molar-refractivity contribution is -0.384. The van der Waals surface area contributed by atoms with E-state index in [9.17, 15) is 14.9 Å². The van der Waals surface area contributed by atoms with E-state index in [4.69, 9.17) is 0 Å². The second-order valence-corrected chi connectivity index (χ2v) is 5.54. The zero-order valence-corrected chi connectivity index (χ0v) is 13.3. The Kier molecular flexibility index (Phi) is 4.84. The second-order valence-electron chi connectivity index (χ2n) is 5.54. The van der Waals surface area contributed by atoms with Gasteiger partial charge in [0.25, 0.3) is 11.6 Å². The van der Waals surface area contributed by atoms with Crippen LogP contribution in [0.1, 0.15) is 21.5 Å². The van der Waals surface area contributed by atoms with Crippen molar-refractivity contribution in [3.05, 3.63) is 94.1 Å². The van der Waals surface area contributed by atoms with Crippen molar-refractivity contribution >= 4 is 11.6 Å². The molecular formula is C18H16N4O3. The summed E-state index contributed by atoms with van der Waals surface area (Å²) in [5.41, 5.74) is 2.25. The smallest absolute Gasteiger partial charge is 0.270 e. The van der Waals surface area contributed by atoms with Crippen molar-refractivity contribution in [1.29, 1.82) is 0 Å². The molecule has 1 N–H and O–H groups in total. The predicted molar refractivity (Wildman–Crippen MR) is 92.0 cm³/mol. The van der Waals surface area contributed by atoms with E-state index in [1.54, 1.807) is 18.6 Å². The second kappa shape index (κ2) is 7.39. The number of hydrogen-bond acceptors (Lipinski definition) is 4. The topological polar surface area (TPSA) is 90.1 Å². The summed E-state index contributed by atoms with van der Waals surface area (Å²) in [5.74, 6) is -0.341. The molecule has 0 aliphatic heterocycles. The fourth-order valence-corrected chi connectivity index (χ4v) is 2.40. The zero-order valence-electron chi connectivity index (χ0n) is 13.3. The predicted octanol–water partition coefficient (Wildman–Crippen LogP) is 2.77. The first kappa shape index (κ1) is 16.4. The van der Waals surface area contributed by atoms with Crippen molar-refractivity contribution in [3.8, 4) is 0 Å². The molecule has 0 aliphatic carbocycles. The Morgan fingerprint density at radius 3 is 2.60 bits per heavy atom. The lowest BCUT2D eigenvalue weighted by atomic mass is 10.1. The Labute approximate surface area is 144 Å². The fraction of sp³-hybridized carbons (Fsp3) is 0.111. The van der Waals surface area contributed by atoms with Gasteiger partial charge in [-0.25, -0.2) is 4.98 Å². The molecule has 0 bridgehead atoms. The number of nitrogens with one attached hydrogen (secondary N) is 1. The van der Waals surface area contributed by atoms with Gasteiger partial charge in [-0.05, 0) is 17.2 Å². The first-order valence-corrected chi connectivity index (χ1v) is 7.68. The average Bonchev–Trinajstić information content (AvgIpc) is 3.14. The van der Waals surface area contributed by atoms with Crippen molar-refractivity contribution < 1.29 is 9.72 Å². The number of aromatic nitrogens is 2. The van der Waals surface area contributed by atoms with Gasteiger partial charge >= 0.3 is 0 Å². The highest BCUT2D eigenvalue weighted by Crippen LogP contribution is 2.13. The minimum Gasteiger partial charge on any atom is -0.348 e. The first-order valence-electron chi connectivity index (χ1n) is 7.68. The minimum absolute atomic E-state index is 0.100. The summed E-state index contributed by atoms with van der Waals surface area (Å²) in [7, 11) is 0. The van der Waals surface area contributed by atoms with Gasteiger partial charge in [0, 0.05) is 43.2 Å². The molecule has 7 nitrogen and oxygen atoms in total. The van der Waals surface area contributed by atoms with E-state index < -0.39 is 4.92 Å². The van der Waals surface area contributed by atoms with Crippen LogP contribution >= 0.6 is 0 Å². The Bertz CT molecular complexity index is 874. The van der Waals surface area contributed by atoms with Crippen molar-refractivity contribution in [2.24, 2.45) is 0 Å². The largest absolute Gasteiger partial charge is 0.348 e. The highest BCUT2D eigenvalue weighted by Gasteiger charge is 2.11. The van der Waals surface area contributed by atoms with Gasteiger partial charge in [-0.2, -0.15) is 0 Å². The molecule has 0 radical (unpaired) electrons. The summed E-state index contributed by atoms with van der Waals surface area (Å²) in [5, 5.41) is 13.5. The molecule has 0 unspecified atom stereocenters. The SMILES string of the molecule is O=C(NCc1ccc(Cn2ccnc2)cc1)c1cccc([N+](=O)[O-])c1. The summed E-state index contributed by atoms with van der Waals surface area (Å²) in [6, 6.07) is 13.6. The number of carbonyl (C=O) groups excluding carboxylic acids is 1. The molecule has 0 spiro atoms. The fourth-order valence-electron chi connectivity index (χ4n) is 2.40. The van der Waals surface area contributed by atoms with Crippen LogP contribution in [-0.2, 0) is 13.1 Å². The molecule has 0 saturated carbocycles. The lowest BCUT2D eigenvalue weighted by Crippen LogP contribution is -2.22. The highest BCUT2D eigenvalue weighted by atomic mass is 16.6. The summed E-state index contributed by atoms with van der Waals surface area (Å²) in [4.78, 5) is 26.4. The quantitative estimate of drug-likeness (QED) is 0.553. The number of imidazole rings is 1. The summed E-state index contributed by atoms with van der Waals surface area (Å²) in [6.07, 6.45) is 5.39. The number of nitro benzene ring substituents is 1. The van der Waals surface area contributed by atoms with Crippen LogP contribution in [0.2, 0.25) is 0 Å². The van der Waals surface area contributed by atoms with E-state index in [-0.39, 0.29) is 17.2 Å². The van der Waals surface area contributed by atoms with Crippen molar-refractivity contribution in [3.63, 3.8) is 0 Å². The molecule has 0 saturated heterocycles. The van der Waals surface area contributed by atoms with E-state index >= 15 is 0 Å². The molecule has 0 aliphatic rings. The Morgan fingerprint density at radius 2 is 1.92 bits per heavy atom. The van der Waals surface area contributed by atoms with Gasteiger partial charge in [0.05, 0.1) is 11.3 Å². The third kappa shape index (κ3) is 4.29. The van der Waals surface area contributed by atoms with Gasteiger partial charge in [0.1, 0.15) is 0 Å². The average molecular weight is 336 g/mol. The number of rotatable bonds is 6. The van der Waals surface area contributed by atoms with E-state index in [2.05, 4.69) is 10.3 Å². The number of amides is 1. The summed E-state index contributed by atoms with van der Waals surface area (Å²) >= 11 is 0. The van der Waals surface area contributed by atoms with Gasteiger partial charge in [-0.1, -0.05) is 30.3 Å². The van der Waals surface area contributed by atoms with Gasteiger partial charge < -0.3 is 9.88 Å². The van der Waals surface area contributed by atoms with E-state index in [1.165, 1.54) is 18.2 Å². The van der Waals surface area contributed by atoms with Gasteiger partial charge in [0.15, 0.2) is 0 Å². The Balaban J connectivity index is 1.58.